The predicted octanol–water partition coefficient (Wildman–Crippen LogP) is 3.24. The number of rotatable bonds is 1. The summed E-state index contributed by atoms with van der Waals surface area (Å²) in [6.07, 6.45) is 14.7. The molecule has 1 nitrogen and oxygen atoms in total. The highest BCUT2D eigenvalue weighted by atomic mass is 32.2. The Hall–Kier alpha value is -1.02. The van der Waals surface area contributed by atoms with E-state index in [2.05, 4.69) is 42.5 Å². The minimum Gasteiger partial charge on any atom is -0.264 e. The Labute approximate surface area is 88.9 Å². The Morgan fingerprint density at radius 3 is 2.64 bits per heavy atom. The van der Waals surface area contributed by atoms with Gasteiger partial charge in [0, 0.05) is 17.1 Å². The van der Waals surface area contributed by atoms with E-state index in [0.717, 1.165) is 0 Å². The molecule has 14 heavy (non-hydrogen) atoms. The summed E-state index contributed by atoms with van der Waals surface area (Å²) in [7, 11) is 0. The van der Waals surface area contributed by atoms with Gasteiger partial charge in [0.1, 0.15) is 0 Å². The van der Waals surface area contributed by atoms with Gasteiger partial charge in [-0.05, 0) is 30.4 Å². The topological polar surface area (TPSA) is 12.9 Å². The molecule has 0 spiro atoms. The largest absolute Gasteiger partial charge is 0.264 e. The van der Waals surface area contributed by atoms with Crippen LogP contribution in [0, 0.1) is 0 Å². The van der Waals surface area contributed by atoms with Crippen molar-refractivity contribution in [2.75, 3.05) is 6.26 Å². The van der Waals surface area contributed by atoms with Gasteiger partial charge in [0.15, 0.2) is 0 Å². The molecule has 0 aliphatic heterocycles. The first kappa shape index (κ1) is 9.53. The van der Waals surface area contributed by atoms with Gasteiger partial charge < -0.3 is 0 Å². The molecule has 1 unspecified atom stereocenters. The van der Waals surface area contributed by atoms with E-state index in [-0.39, 0.29) is 4.75 Å². The summed E-state index contributed by atoms with van der Waals surface area (Å²) < 4.78 is 0.110. The first-order valence-corrected chi connectivity index (χ1v) is 5.84. The molecule has 0 saturated carbocycles. The second-order valence-electron chi connectivity index (χ2n) is 3.56. The van der Waals surface area contributed by atoms with Gasteiger partial charge in [-0.2, -0.15) is 11.8 Å². The fourth-order valence-corrected chi connectivity index (χ4v) is 1.82. The molecule has 1 aromatic rings. The molecule has 0 N–H and O–H groups in total. The van der Waals surface area contributed by atoms with Gasteiger partial charge in [0.05, 0.1) is 0 Å². The Balaban J connectivity index is 2.47. The third-order valence-corrected chi connectivity index (χ3v) is 3.67. The molecular formula is C12H13NS. The number of nitrogens with zero attached hydrogens (tertiary/aromatic N) is 1. The first-order valence-electron chi connectivity index (χ1n) is 4.61. The lowest BCUT2D eigenvalue weighted by molar-refractivity contribution is 1.03. The molecule has 0 bridgehead atoms. The van der Waals surface area contributed by atoms with Crippen LogP contribution in [0.3, 0.4) is 0 Å². The first-order chi connectivity index (χ1) is 6.73. The van der Waals surface area contributed by atoms with Crippen molar-refractivity contribution in [3.63, 3.8) is 0 Å². The highest BCUT2D eigenvalue weighted by molar-refractivity contribution is 8.00. The lowest BCUT2D eigenvalue weighted by Gasteiger charge is -2.17. The van der Waals surface area contributed by atoms with Crippen LogP contribution in [0.25, 0.3) is 12.2 Å². The maximum absolute atomic E-state index is 4.12. The fraction of sp³-hybridized carbons (Fsp3) is 0.250. The van der Waals surface area contributed by atoms with Crippen LogP contribution >= 0.6 is 11.8 Å². The normalized spacial score (nSPS) is 24.4. The average molecular weight is 203 g/mol. The molecule has 0 aromatic carbocycles. The second kappa shape index (κ2) is 3.62. The van der Waals surface area contributed by atoms with Crippen molar-refractivity contribution in [1.82, 2.24) is 4.98 Å². The zero-order valence-corrected chi connectivity index (χ0v) is 9.21. The summed E-state index contributed by atoms with van der Waals surface area (Å²) in [6, 6.07) is 2.04. The Morgan fingerprint density at radius 2 is 1.93 bits per heavy atom. The van der Waals surface area contributed by atoms with E-state index in [0.29, 0.717) is 0 Å². The van der Waals surface area contributed by atoms with E-state index in [9.17, 15) is 0 Å². The monoisotopic (exact) mass is 203 g/mol. The maximum atomic E-state index is 4.12. The molecule has 0 saturated heterocycles. The van der Waals surface area contributed by atoms with Crippen molar-refractivity contribution >= 4 is 23.9 Å². The lowest BCUT2D eigenvalue weighted by atomic mass is 10.1. The van der Waals surface area contributed by atoms with Gasteiger partial charge in [0.25, 0.3) is 0 Å². The van der Waals surface area contributed by atoms with Crippen LogP contribution in [0.15, 0.2) is 30.6 Å². The average Bonchev–Trinajstić information content (AvgIpc) is 2.40. The van der Waals surface area contributed by atoms with Crippen molar-refractivity contribution in [1.29, 1.82) is 0 Å². The van der Waals surface area contributed by atoms with Gasteiger partial charge >= 0.3 is 0 Å². The van der Waals surface area contributed by atoms with Gasteiger partial charge in [0.2, 0.25) is 0 Å². The van der Waals surface area contributed by atoms with Gasteiger partial charge in [-0.15, -0.1) is 0 Å². The fourth-order valence-electron chi connectivity index (χ4n) is 1.41. The number of thioether (sulfide) groups is 1. The lowest BCUT2D eigenvalue weighted by Crippen LogP contribution is -2.10. The molecule has 1 aliphatic rings. The van der Waals surface area contributed by atoms with E-state index < -0.39 is 0 Å². The SMILES string of the molecule is CSC1(C)C=Cc2ccncc2C=C1. The zero-order valence-electron chi connectivity index (χ0n) is 8.40. The summed E-state index contributed by atoms with van der Waals surface area (Å²) in [5.41, 5.74) is 2.44. The predicted molar refractivity (Wildman–Crippen MR) is 64.2 cm³/mol. The molecule has 2 heteroatoms. The van der Waals surface area contributed by atoms with Gasteiger partial charge in [-0.3, -0.25) is 4.98 Å². The third-order valence-electron chi connectivity index (χ3n) is 2.51. The summed E-state index contributed by atoms with van der Waals surface area (Å²) in [4.78, 5) is 4.12. The zero-order chi connectivity index (χ0) is 10.0. The molecule has 72 valence electrons. The minimum atomic E-state index is 0.110. The number of pyridine rings is 1. The van der Waals surface area contributed by atoms with Crippen LogP contribution in [-0.4, -0.2) is 16.0 Å². The number of fused-ring (bicyclic) bond motifs is 1. The van der Waals surface area contributed by atoms with Crippen LogP contribution in [0.1, 0.15) is 18.1 Å². The Kier molecular flexibility index (Phi) is 2.46. The minimum absolute atomic E-state index is 0.110. The molecular weight excluding hydrogens is 190 g/mol. The molecule has 1 aliphatic carbocycles. The van der Waals surface area contributed by atoms with E-state index >= 15 is 0 Å². The van der Waals surface area contributed by atoms with E-state index in [1.807, 2.05) is 30.2 Å². The van der Waals surface area contributed by atoms with Crippen LogP contribution in [0.4, 0.5) is 0 Å². The highest BCUT2D eigenvalue weighted by Gasteiger charge is 2.17. The van der Waals surface area contributed by atoms with Crippen molar-refractivity contribution in [2.24, 2.45) is 0 Å². The van der Waals surface area contributed by atoms with Crippen LogP contribution in [0.5, 0.6) is 0 Å². The summed E-state index contributed by atoms with van der Waals surface area (Å²) in [6.45, 7) is 2.21. The second-order valence-corrected chi connectivity index (χ2v) is 4.85. The van der Waals surface area contributed by atoms with Crippen molar-refractivity contribution in [3.05, 3.63) is 41.7 Å². The van der Waals surface area contributed by atoms with E-state index in [4.69, 9.17) is 0 Å². The highest BCUT2D eigenvalue weighted by Crippen LogP contribution is 2.30. The molecule has 1 atom stereocenters. The van der Waals surface area contributed by atoms with E-state index in [1.165, 1.54) is 11.1 Å². The smallest absolute Gasteiger partial charge is 0.0494 e. The number of hydrogen-bond donors (Lipinski definition) is 0. The van der Waals surface area contributed by atoms with Gasteiger partial charge in [-0.25, -0.2) is 0 Å². The molecule has 1 aromatic heterocycles. The van der Waals surface area contributed by atoms with Crippen molar-refractivity contribution in [2.45, 2.75) is 11.7 Å². The molecule has 0 fully saturated rings. The van der Waals surface area contributed by atoms with Gasteiger partial charge in [-0.1, -0.05) is 24.3 Å². The van der Waals surface area contributed by atoms with Crippen molar-refractivity contribution < 1.29 is 0 Å². The summed E-state index contributed by atoms with van der Waals surface area (Å²) in [5, 5.41) is 0. The number of aromatic nitrogens is 1. The van der Waals surface area contributed by atoms with Crippen molar-refractivity contribution in [3.8, 4) is 0 Å². The third kappa shape index (κ3) is 1.75. The Bertz CT molecular complexity index is 360. The number of hydrogen-bond acceptors (Lipinski definition) is 2. The Morgan fingerprint density at radius 1 is 1.21 bits per heavy atom. The summed E-state index contributed by atoms with van der Waals surface area (Å²) in [5.74, 6) is 0. The molecule has 0 radical (unpaired) electrons. The van der Waals surface area contributed by atoms with Crippen LogP contribution in [0.2, 0.25) is 0 Å². The molecule has 0 amide bonds. The van der Waals surface area contributed by atoms with Crippen LogP contribution < -0.4 is 0 Å². The summed E-state index contributed by atoms with van der Waals surface area (Å²) >= 11 is 1.84. The maximum Gasteiger partial charge on any atom is 0.0494 e. The quantitative estimate of drug-likeness (QED) is 0.695. The molecule has 1 heterocycles. The van der Waals surface area contributed by atoms with Crippen LogP contribution in [-0.2, 0) is 0 Å². The standard InChI is InChI=1S/C12H13NS/c1-12(14-2)6-3-10-5-8-13-9-11(10)4-7-12/h3-9H,1-2H3. The van der Waals surface area contributed by atoms with E-state index in [1.54, 1.807) is 0 Å². The molecule has 2 rings (SSSR count).